The number of anilines is 1. The molecule has 5 nitrogen and oxygen atoms in total. The molecule has 6 heteroatoms. The summed E-state index contributed by atoms with van der Waals surface area (Å²) >= 11 is 5.81. The van der Waals surface area contributed by atoms with Crippen molar-refractivity contribution < 1.29 is 0 Å². The Bertz CT molecular complexity index is 662. The topological polar surface area (TPSA) is 70.1 Å². The van der Waals surface area contributed by atoms with Crippen LogP contribution in [0.3, 0.4) is 0 Å². The van der Waals surface area contributed by atoms with Crippen LogP contribution < -0.4 is 11.0 Å². The van der Waals surface area contributed by atoms with Gasteiger partial charge in [0.25, 0.3) is 5.56 Å². The molecule has 104 valence electrons. The minimum Gasteiger partial charge on any atom is -0.275 e. The van der Waals surface area contributed by atoms with Crippen LogP contribution in [0.1, 0.15) is 30.9 Å². The number of aromatic amines is 1. The Balaban J connectivity index is 2.06. The van der Waals surface area contributed by atoms with Crippen LogP contribution in [0.5, 0.6) is 0 Å². The van der Waals surface area contributed by atoms with E-state index in [9.17, 15) is 4.79 Å². The highest BCUT2D eigenvalue weighted by Crippen LogP contribution is 2.15. The van der Waals surface area contributed by atoms with Gasteiger partial charge in [0.2, 0.25) is 0 Å². The molecule has 20 heavy (non-hydrogen) atoms. The number of nitrogens with one attached hydrogen (secondary N) is 2. The van der Waals surface area contributed by atoms with E-state index in [1.165, 1.54) is 11.8 Å². The standard InChI is InChI=1S/C14H15ClN4O/c1-9(2)11-5-3-10(4-6-11)7-16-18-12-8-17-19-14(20)13(12)15/h3-9H,1-2H3,(H2,18,19,20). The Labute approximate surface area is 121 Å². The van der Waals surface area contributed by atoms with Gasteiger partial charge in [0, 0.05) is 0 Å². The fourth-order valence-corrected chi connectivity index (χ4v) is 1.74. The van der Waals surface area contributed by atoms with Crippen molar-refractivity contribution in [3.63, 3.8) is 0 Å². The summed E-state index contributed by atoms with van der Waals surface area (Å²) in [4.78, 5) is 11.2. The molecule has 0 unspecified atom stereocenters. The van der Waals surface area contributed by atoms with Crippen molar-refractivity contribution in [2.24, 2.45) is 5.10 Å². The van der Waals surface area contributed by atoms with E-state index in [1.54, 1.807) is 6.21 Å². The molecule has 1 aromatic carbocycles. The first kappa shape index (κ1) is 14.3. The van der Waals surface area contributed by atoms with Crippen LogP contribution >= 0.6 is 11.6 Å². The monoisotopic (exact) mass is 290 g/mol. The van der Waals surface area contributed by atoms with Crippen LogP contribution in [0, 0.1) is 0 Å². The predicted octanol–water partition coefficient (Wildman–Crippen LogP) is 2.99. The molecule has 0 aliphatic rings. The number of halogens is 1. The van der Waals surface area contributed by atoms with Crippen LogP contribution in [0.2, 0.25) is 5.02 Å². The molecule has 0 saturated heterocycles. The third-order valence-corrected chi connectivity index (χ3v) is 3.17. The van der Waals surface area contributed by atoms with E-state index in [0.29, 0.717) is 11.6 Å². The molecule has 2 N–H and O–H groups in total. The third-order valence-electron chi connectivity index (χ3n) is 2.80. The van der Waals surface area contributed by atoms with Crippen LogP contribution in [0.25, 0.3) is 0 Å². The molecule has 0 bridgehead atoms. The van der Waals surface area contributed by atoms with Gasteiger partial charge in [-0.3, -0.25) is 10.2 Å². The van der Waals surface area contributed by atoms with Crippen molar-refractivity contribution in [3.05, 3.63) is 57.0 Å². The summed E-state index contributed by atoms with van der Waals surface area (Å²) in [5.41, 5.74) is 4.84. The Morgan fingerprint density at radius 3 is 2.70 bits per heavy atom. The Morgan fingerprint density at radius 2 is 2.05 bits per heavy atom. The predicted molar refractivity (Wildman–Crippen MR) is 81.6 cm³/mol. The first-order valence-electron chi connectivity index (χ1n) is 6.20. The van der Waals surface area contributed by atoms with E-state index in [1.807, 2.05) is 12.1 Å². The first-order chi connectivity index (χ1) is 9.58. The number of rotatable bonds is 4. The van der Waals surface area contributed by atoms with Gasteiger partial charge in [-0.15, -0.1) is 0 Å². The van der Waals surface area contributed by atoms with E-state index >= 15 is 0 Å². The summed E-state index contributed by atoms with van der Waals surface area (Å²) in [5.74, 6) is 0.500. The molecule has 0 saturated carbocycles. The number of benzene rings is 1. The van der Waals surface area contributed by atoms with Crippen molar-refractivity contribution in [1.82, 2.24) is 10.2 Å². The molecule has 1 aromatic heterocycles. The summed E-state index contributed by atoms with van der Waals surface area (Å²) in [5, 5.41) is 9.95. The Hall–Kier alpha value is -2.14. The van der Waals surface area contributed by atoms with Gasteiger partial charge in [-0.1, -0.05) is 49.7 Å². The maximum absolute atomic E-state index is 11.2. The van der Waals surface area contributed by atoms with Gasteiger partial charge >= 0.3 is 0 Å². The molecule has 1 heterocycles. The van der Waals surface area contributed by atoms with Crippen LogP contribution in [-0.2, 0) is 0 Å². The smallest absolute Gasteiger partial charge is 0.275 e. The zero-order chi connectivity index (χ0) is 14.5. The summed E-state index contributed by atoms with van der Waals surface area (Å²) in [7, 11) is 0. The lowest BCUT2D eigenvalue weighted by Crippen LogP contribution is -2.10. The second-order valence-corrected chi connectivity index (χ2v) is 5.00. The van der Waals surface area contributed by atoms with Crippen molar-refractivity contribution in [2.75, 3.05) is 5.43 Å². The largest absolute Gasteiger partial charge is 0.285 e. The van der Waals surface area contributed by atoms with Gasteiger partial charge in [0.15, 0.2) is 0 Å². The van der Waals surface area contributed by atoms with E-state index < -0.39 is 5.56 Å². The molecular formula is C14H15ClN4O. The van der Waals surface area contributed by atoms with Crippen LogP contribution in [-0.4, -0.2) is 16.4 Å². The summed E-state index contributed by atoms with van der Waals surface area (Å²) in [6.07, 6.45) is 3.06. The lowest BCUT2D eigenvalue weighted by molar-refractivity contribution is 0.866. The quantitative estimate of drug-likeness (QED) is 0.672. The van der Waals surface area contributed by atoms with Crippen molar-refractivity contribution in [3.8, 4) is 0 Å². The first-order valence-corrected chi connectivity index (χ1v) is 6.58. The fourth-order valence-electron chi connectivity index (χ4n) is 1.60. The number of nitrogens with zero attached hydrogens (tertiary/aromatic N) is 2. The number of hydrazone groups is 1. The molecule has 0 atom stereocenters. The van der Waals surface area contributed by atoms with Gasteiger partial charge in [-0.2, -0.15) is 10.2 Å². The van der Waals surface area contributed by atoms with Crippen molar-refractivity contribution in [2.45, 2.75) is 19.8 Å². The Morgan fingerprint density at radius 1 is 1.35 bits per heavy atom. The lowest BCUT2D eigenvalue weighted by Gasteiger charge is -2.04. The Kier molecular flexibility index (Phi) is 4.53. The van der Waals surface area contributed by atoms with E-state index in [2.05, 4.69) is 46.7 Å². The zero-order valence-corrected chi connectivity index (χ0v) is 12.0. The maximum Gasteiger partial charge on any atom is 0.285 e. The molecule has 0 radical (unpaired) electrons. The average Bonchev–Trinajstić information content (AvgIpc) is 2.44. The van der Waals surface area contributed by atoms with Crippen LogP contribution in [0.15, 0.2) is 40.4 Å². The molecule has 0 amide bonds. The fraction of sp³-hybridized carbons (Fsp3) is 0.214. The third kappa shape index (κ3) is 3.45. The highest BCUT2D eigenvalue weighted by Gasteiger charge is 2.02. The maximum atomic E-state index is 11.2. The number of hydrogen-bond acceptors (Lipinski definition) is 4. The molecule has 0 aliphatic heterocycles. The molecule has 0 fully saturated rings. The normalized spacial score (nSPS) is 11.2. The van der Waals surface area contributed by atoms with E-state index in [0.717, 1.165) is 5.56 Å². The lowest BCUT2D eigenvalue weighted by atomic mass is 10.0. The summed E-state index contributed by atoms with van der Waals surface area (Å²) in [6, 6.07) is 8.10. The summed E-state index contributed by atoms with van der Waals surface area (Å²) < 4.78 is 0. The summed E-state index contributed by atoms with van der Waals surface area (Å²) in [6.45, 7) is 4.29. The van der Waals surface area contributed by atoms with Crippen molar-refractivity contribution in [1.29, 1.82) is 0 Å². The molecule has 0 spiro atoms. The van der Waals surface area contributed by atoms with Gasteiger partial charge in [-0.05, 0) is 17.0 Å². The van der Waals surface area contributed by atoms with E-state index in [4.69, 9.17) is 11.6 Å². The number of aromatic nitrogens is 2. The molecule has 0 aliphatic carbocycles. The highest BCUT2D eigenvalue weighted by molar-refractivity contribution is 6.32. The van der Waals surface area contributed by atoms with Gasteiger partial charge in [0.1, 0.15) is 10.7 Å². The number of hydrogen-bond donors (Lipinski definition) is 2. The molecule has 2 aromatic rings. The second kappa shape index (κ2) is 6.34. The minimum absolute atomic E-state index is 0.0345. The van der Waals surface area contributed by atoms with Crippen molar-refractivity contribution >= 4 is 23.5 Å². The second-order valence-electron chi connectivity index (χ2n) is 4.62. The molecular weight excluding hydrogens is 276 g/mol. The SMILES string of the molecule is CC(C)c1ccc(C=NNc2cn[nH]c(=O)c2Cl)cc1. The van der Waals surface area contributed by atoms with Gasteiger partial charge in [-0.25, -0.2) is 5.10 Å². The van der Waals surface area contributed by atoms with E-state index in [-0.39, 0.29) is 5.02 Å². The van der Waals surface area contributed by atoms with Gasteiger partial charge < -0.3 is 0 Å². The average molecular weight is 291 g/mol. The number of H-pyrrole nitrogens is 1. The minimum atomic E-state index is -0.451. The highest BCUT2D eigenvalue weighted by atomic mass is 35.5. The van der Waals surface area contributed by atoms with Crippen LogP contribution in [0.4, 0.5) is 5.69 Å². The zero-order valence-electron chi connectivity index (χ0n) is 11.2. The molecule has 2 rings (SSSR count). The van der Waals surface area contributed by atoms with Gasteiger partial charge in [0.05, 0.1) is 12.4 Å².